The van der Waals surface area contributed by atoms with Crippen LogP contribution in [0.4, 0.5) is 0 Å². The fourth-order valence-corrected chi connectivity index (χ4v) is 7.06. The Morgan fingerprint density at radius 3 is 2.48 bits per heavy atom. The molecule has 1 aromatic heterocycles. The highest BCUT2D eigenvalue weighted by molar-refractivity contribution is 6.04. The number of nitrogens with zero attached hydrogens (tertiary/aromatic N) is 4. The van der Waals surface area contributed by atoms with E-state index in [9.17, 15) is 14.7 Å². The van der Waals surface area contributed by atoms with Gasteiger partial charge in [-0.15, -0.1) is 0 Å². The Bertz CT molecular complexity index is 1110. The number of pyridine rings is 1. The first-order valence-corrected chi connectivity index (χ1v) is 16.8. The first kappa shape index (κ1) is 38.5. The van der Waals surface area contributed by atoms with Gasteiger partial charge in [-0.2, -0.15) is 0 Å². The van der Waals surface area contributed by atoms with Crippen LogP contribution in [-0.4, -0.2) is 134 Å². The molecule has 3 rings (SSSR count). The molecule has 1 N–H and O–H groups in total. The van der Waals surface area contributed by atoms with Crippen molar-refractivity contribution in [2.75, 3.05) is 61.0 Å². The van der Waals surface area contributed by atoms with Crippen molar-refractivity contribution in [3.63, 3.8) is 0 Å². The van der Waals surface area contributed by atoms with E-state index in [0.717, 1.165) is 38.3 Å². The topological polar surface area (TPSA) is 114 Å². The van der Waals surface area contributed by atoms with Crippen molar-refractivity contribution in [3.8, 4) is 0 Å². The molecule has 0 bridgehead atoms. The van der Waals surface area contributed by atoms with E-state index in [1.165, 1.54) is 0 Å². The molecule has 0 aliphatic carbocycles. The number of carbonyl (C=O) groups excluding carboxylic acids is 2. The number of esters is 1. The van der Waals surface area contributed by atoms with Crippen LogP contribution in [0.2, 0.25) is 0 Å². The molecule has 3 heterocycles. The number of methoxy groups -OCH3 is 1. The summed E-state index contributed by atoms with van der Waals surface area (Å²) >= 11 is 0. The van der Waals surface area contributed by atoms with Crippen LogP contribution < -0.4 is 0 Å². The number of cyclic esters (lactones) is 1. The zero-order valence-electron chi connectivity index (χ0n) is 29.9. The monoisotopic (exact) mass is 648 g/mol. The minimum atomic E-state index is -1.42. The Labute approximate surface area is 276 Å². The van der Waals surface area contributed by atoms with Crippen LogP contribution in [0.1, 0.15) is 66.4 Å². The van der Waals surface area contributed by atoms with Gasteiger partial charge in [0, 0.05) is 64.2 Å². The van der Waals surface area contributed by atoms with Crippen molar-refractivity contribution in [1.82, 2.24) is 19.7 Å². The van der Waals surface area contributed by atoms with Crippen LogP contribution in [0, 0.1) is 17.3 Å². The first-order chi connectivity index (χ1) is 21.6. The Hall–Kier alpha value is -1.99. The lowest BCUT2D eigenvalue weighted by Gasteiger charge is -2.47. The van der Waals surface area contributed by atoms with E-state index in [1.807, 2.05) is 45.1 Å². The van der Waals surface area contributed by atoms with Crippen LogP contribution in [0.5, 0.6) is 0 Å². The lowest BCUT2D eigenvalue weighted by Crippen LogP contribution is -2.59. The van der Waals surface area contributed by atoms with E-state index < -0.39 is 41.4 Å². The van der Waals surface area contributed by atoms with E-state index >= 15 is 0 Å². The molecule has 0 saturated carbocycles. The second-order valence-corrected chi connectivity index (χ2v) is 14.6. The number of aliphatic hydroxyl groups is 1. The van der Waals surface area contributed by atoms with Crippen LogP contribution in [0.25, 0.3) is 0 Å². The van der Waals surface area contributed by atoms with E-state index in [2.05, 4.69) is 34.8 Å². The predicted molar refractivity (Wildman–Crippen MR) is 177 cm³/mol. The number of aromatic nitrogens is 1. The second-order valence-electron chi connectivity index (χ2n) is 14.6. The van der Waals surface area contributed by atoms with Gasteiger partial charge in [0.25, 0.3) is 0 Å². The van der Waals surface area contributed by atoms with Crippen molar-refractivity contribution >= 4 is 11.8 Å². The number of Topliss-reactive ketones (excluding diaryl/α,β-unsaturated/α-hetero) is 1. The predicted octanol–water partition coefficient (Wildman–Crippen LogP) is 3.24. The molecule has 2 aliphatic heterocycles. The highest BCUT2D eigenvalue weighted by atomic mass is 16.7. The van der Waals surface area contributed by atoms with Gasteiger partial charge in [-0.05, 0) is 85.6 Å². The van der Waals surface area contributed by atoms with Crippen LogP contribution in [0.15, 0.2) is 24.5 Å². The molecule has 11 heteroatoms. The smallest absolute Gasteiger partial charge is 0.319 e. The molecule has 2 saturated heterocycles. The molecular formula is C35H60N4O7. The molecule has 2 fully saturated rings. The van der Waals surface area contributed by atoms with Crippen molar-refractivity contribution in [2.24, 2.45) is 17.3 Å². The van der Waals surface area contributed by atoms with Gasteiger partial charge in [-0.3, -0.25) is 19.5 Å². The Morgan fingerprint density at radius 1 is 1.13 bits per heavy atom. The number of likely N-dealkylation sites (N-methyl/N-ethyl adjacent to an activating group) is 2. The van der Waals surface area contributed by atoms with Gasteiger partial charge in [0.05, 0.1) is 24.4 Å². The lowest BCUT2D eigenvalue weighted by molar-refractivity contribution is -0.295. The number of aliphatic hydroxyl groups excluding tert-OH is 1. The number of carbonyl (C=O) groups is 2. The van der Waals surface area contributed by atoms with E-state index in [1.54, 1.807) is 34.1 Å². The summed E-state index contributed by atoms with van der Waals surface area (Å²) in [5, 5.41) is 11.3. The molecule has 46 heavy (non-hydrogen) atoms. The maximum absolute atomic E-state index is 14.2. The van der Waals surface area contributed by atoms with E-state index in [0.29, 0.717) is 19.3 Å². The highest BCUT2D eigenvalue weighted by Gasteiger charge is 2.51. The number of ether oxygens (including phenoxy) is 4. The Morgan fingerprint density at radius 2 is 1.85 bits per heavy atom. The van der Waals surface area contributed by atoms with Crippen molar-refractivity contribution in [3.05, 3.63) is 30.1 Å². The summed E-state index contributed by atoms with van der Waals surface area (Å²) in [6.45, 7) is 15.3. The van der Waals surface area contributed by atoms with Crippen molar-refractivity contribution in [1.29, 1.82) is 0 Å². The molecular weight excluding hydrogens is 588 g/mol. The molecule has 0 aromatic carbocycles. The standard InChI is InChI=1S/C35H60N4O7/c1-24-20-35(6,43-10)31(46-32-29(40)28(37(7)8)19-25(2)45-32)26(3)30(41)34(4,5)33(42)44-18-12-15-39(17-16-38(9)22-24)23-27-13-11-14-36-21-27/h11,13-14,21,24-26,28-29,31-32,40H,12,15-20,22-23H2,1-10H3/t24-,25-,26+,28+,29-,31-,32+,35-/m1/s1. The second kappa shape index (κ2) is 16.9. The van der Waals surface area contributed by atoms with Gasteiger partial charge in [-0.25, -0.2) is 0 Å². The average Bonchev–Trinajstić information content (AvgIpc) is 3.00. The summed E-state index contributed by atoms with van der Waals surface area (Å²) in [4.78, 5) is 38.6. The maximum Gasteiger partial charge on any atom is 0.319 e. The summed E-state index contributed by atoms with van der Waals surface area (Å²) in [6, 6.07) is 3.83. The molecule has 11 nitrogen and oxygen atoms in total. The number of ketones is 1. The Kier molecular flexibility index (Phi) is 14.1. The summed E-state index contributed by atoms with van der Waals surface area (Å²) < 4.78 is 24.8. The van der Waals surface area contributed by atoms with Crippen LogP contribution in [0.3, 0.4) is 0 Å². The minimum Gasteiger partial charge on any atom is -0.465 e. The van der Waals surface area contributed by atoms with Gasteiger partial charge in [0.2, 0.25) is 0 Å². The molecule has 0 unspecified atom stereocenters. The van der Waals surface area contributed by atoms with Crippen molar-refractivity contribution < 1.29 is 33.6 Å². The minimum absolute atomic E-state index is 0.160. The Balaban J connectivity index is 1.92. The van der Waals surface area contributed by atoms with Gasteiger partial charge < -0.3 is 33.9 Å². The molecule has 0 spiro atoms. The third-order valence-electron chi connectivity index (χ3n) is 9.77. The molecule has 8 atom stereocenters. The molecule has 0 amide bonds. The van der Waals surface area contributed by atoms with Gasteiger partial charge >= 0.3 is 5.97 Å². The number of hydrogen-bond donors (Lipinski definition) is 1. The first-order valence-electron chi connectivity index (χ1n) is 16.8. The summed E-state index contributed by atoms with van der Waals surface area (Å²) in [7, 11) is 7.60. The number of rotatable bonds is 6. The van der Waals surface area contributed by atoms with Gasteiger partial charge in [0.1, 0.15) is 11.5 Å². The fraction of sp³-hybridized carbons (Fsp3) is 0.800. The van der Waals surface area contributed by atoms with Gasteiger partial charge in [-0.1, -0.05) is 19.9 Å². The molecule has 1 aromatic rings. The van der Waals surface area contributed by atoms with Gasteiger partial charge in [0.15, 0.2) is 12.1 Å². The zero-order valence-corrected chi connectivity index (χ0v) is 29.9. The van der Waals surface area contributed by atoms with Crippen molar-refractivity contribution in [2.45, 2.75) is 104 Å². The zero-order chi connectivity index (χ0) is 34.2. The summed E-state index contributed by atoms with van der Waals surface area (Å²) in [6.07, 6.45) is 2.64. The molecule has 0 radical (unpaired) electrons. The van der Waals surface area contributed by atoms with E-state index in [-0.39, 0.29) is 30.5 Å². The molecule has 2 aliphatic rings. The highest BCUT2D eigenvalue weighted by Crippen LogP contribution is 2.38. The normalized spacial score (nSPS) is 35.1. The third kappa shape index (κ3) is 10.0. The molecule has 262 valence electrons. The van der Waals surface area contributed by atoms with Crippen LogP contribution in [-0.2, 0) is 35.1 Å². The lowest BCUT2D eigenvalue weighted by atomic mass is 9.74. The van der Waals surface area contributed by atoms with E-state index in [4.69, 9.17) is 18.9 Å². The van der Waals surface area contributed by atoms with Crippen LogP contribution >= 0.6 is 0 Å². The summed E-state index contributed by atoms with van der Waals surface area (Å²) in [5.41, 5.74) is -1.23. The average molecular weight is 649 g/mol. The quantitative estimate of drug-likeness (QED) is 0.362. The largest absolute Gasteiger partial charge is 0.465 e. The SMILES string of the molecule is CO[C@]1(C)C[C@@H](C)CN(C)CCN(Cc2cccnc2)CCCOC(=O)C(C)(C)C(=O)[C@H](C)[C@H]1O[C@@H]1O[C@H](C)C[C@H](N(C)C)[C@H]1O. The maximum atomic E-state index is 14.2. The number of hydrogen-bond acceptors (Lipinski definition) is 11. The fourth-order valence-electron chi connectivity index (χ4n) is 7.06. The summed E-state index contributed by atoms with van der Waals surface area (Å²) in [5.74, 6) is -1.46. The third-order valence-corrected chi connectivity index (χ3v) is 9.77.